The van der Waals surface area contributed by atoms with Crippen LogP contribution >= 0.6 is 0 Å². The molecule has 0 amide bonds. The molecule has 1 aromatic rings. The largest absolute Gasteiger partial charge is 0.508 e. The van der Waals surface area contributed by atoms with E-state index in [-0.39, 0.29) is 6.04 Å². The van der Waals surface area contributed by atoms with E-state index in [1.807, 2.05) is 18.2 Å². The summed E-state index contributed by atoms with van der Waals surface area (Å²) in [5.74, 6) is 1.00. The van der Waals surface area contributed by atoms with Gasteiger partial charge < -0.3 is 15.2 Å². The van der Waals surface area contributed by atoms with E-state index >= 15 is 0 Å². The second kappa shape index (κ2) is 6.03. The molecule has 0 aliphatic carbocycles. The molecule has 1 aromatic carbocycles. The van der Waals surface area contributed by atoms with Gasteiger partial charge in [-0.05, 0) is 24.8 Å². The quantitative estimate of drug-likeness (QED) is 0.823. The normalized spacial score (nSPS) is 21.6. The molecule has 94 valence electrons. The van der Waals surface area contributed by atoms with E-state index in [4.69, 9.17) is 4.74 Å². The molecule has 2 atom stereocenters. The Kier molecular flexibility index (Phi) is 4.40. The van der Waals surface area contributed by atoms with E-state index in [0.717, 1.165) is 38.2 Å². The number of phenols is 1. The molecular formula is C14H21NO2. The second-order valence-electron chi connectivity index (χ2n) is 4.66. The average Bonchev–Trinajstić information content (AvgIpc) is 2.85. The highest BCUT2D eigenvalue weighted by Crippen LogP contribution is 2.26. The maximum atomic E-state index is 9.84. The van der Waals surface area contributed by atoms with Gasteiger partial charge in [0, 0.05) is 24.8 Å². The number of para-hydroxylation sites is 1. The molecule has 0 radical (unpaired) electrons. The lowest BCUT2D eigenvalue weighted by atomic mass is 10.0. The number of aromatic hydroxyl groups is 1. The van der Waals surface area contributed by atoms with E-state index in [9.17, 15) is 5.11 Å². The number of phenolic OH excluding ortho intramolecular Hbond substituents is 1. The fourth-order valence-electron chi connectivity index (χ4n) is 2.31. The Bertz CT molecular complexity index is 348. The fourth-order valence-corrected chi connectivity index (χ4v) is 2.31. The topological polar surface area (TPSA) is 41.5 Å². The molecule has 2 unspecified atom stereocenters. The van der Waals surface area contributed by atoms with E-state index in [1.54, 1.807) is 6.07 Å². The zero-order valence-electron chi connectivity index (χ0n) is 10.4. The predicted molar refractivity (Wildman–Crippen MR) is 68.1 cm³/mol. The SMILES string of the molecule is CCC(NCC1CCOC1)c1ccccc1O. The van der Waals surface area contributed by atoms with Gasteiger partial charge in [-0.15, -0.1) is 0 Å². The summed E-state index contributed by atoms with van der Waals surface area (Å²) >= 11 is 0. The van der Waals surface area contributed by atoms with Crippen molar-refractivity contribution in [1.82, 2.24) is 5.32 Å². The van der Waals surface area contributed by atoms with Crippen LogP contribution in [0.1, 0.15) is 31.4 Å². The second-order valence-corrected chi connectivity index (χ2v) is 4.66. The smallest absolute Gasteiger partial charge is 0.120 e. The number of rotatable bonds is 5. The summed E-state index contributed by atoms with van der Waals surface area (Å²) in [5.41, 5.74) is 0.994. The lowest BCUT2D eigenvalue weighted by Gasteiger charge is -2.20. The van der Waals surface area contributed by atoms with Gasteiger partial charge in [-0.25, -0.2) is 0 Å². The van der Waals surface area contributed by atoms with Crippen molar-refractivity contribution >= 4 is 0 Å². The fraction of sp³-hybridized carbons (Fsp3) is 0.571. The third-order valence-electron chi connectivity index (χ3n) is 3.40. The summed E-state index contributed by atoms with van der Waals surface area (Å²) in [4.78, 5) is 0. The van der Waals surface area contributed by atoms with Crippen LogP contribution in [0.25, 0.3) is 0 Å². The van der Waals surface area contributed by atoms with Crippen LogP contribution in [0, 0.1) is 5.92 Å². The molecule has 0 saturated carbocycles. The maximum Gasteiger partial charge on any atom is 0.120 e. The van der Waals surface area contributed by atoms with Gasteiger partial charge in [-0.2, -0.15) is 0 Å². The van der Waals surface area contributed by atoms with Crippen molar-refractivity contribution < 1.29 is 9.84 Å². The Hall–Kier alpha value is -1.06. The van der Waals surface area contributed by atoms with Crippen molar-refractivity contribution in [1.29, 1.82) is 0 Å². The molecule has 17 heavy (non-hydrogen) atoms. The number of hydrogen-bond acceptors (Lipinski definition) is 3. The van der Waals surface area contributed by atoms with Crippen molar-refractivity contribution in [2.24, 2.45) is 5.92 Å². The van der Waals surface area contributed by atoms with Crippen LogP contribution in [0.15, 0.2) is 24.3 Å². The van der Waals surface area contributed by atoms with Crippen LogP contribution in [0.4, 0.5) is 0 Å². The van der Waals surface area contributed by atoms with Crippen LogP contribution in [0.2, 0.25) is 0 Å². The molecule has 2 N–H and O–H groups in total. The Morgan fingerprint density at radius 1 is 1.47 bits per heavy atom. The third kappa shape index (κ3) is 3.20. The average molecular weight is 235 g/mol. The molecule has 2 rings (SSSR count). The van der Waals surface area contributed by atoms with Crippen LogP contribution in [0.3, 0.4) is 0 Å². The molecule has 1 saturated heterocycles. The highest BCUT2D eigenvalue weighted by atomic mass is 16.5. The first-order valence-electron chi connectivity index (χ1n) is 6.40. The molecule has 0 bridgehead atoms. The summed E-state index contributed by atoms with van der Waals surface area (Å²) in [6, 6.07) is 7.80. The van der Waals surface area contributed by atoms with Crippen molar-refractivity contribution in [3.8, 4) is 5.75 Å². The van der Waals surface area contributed by atoms with Gasteiger partial charge >= 0.3 is 0 Å². The van der Waals surface area contributed by atoms with Crippen LogP contribution in [0.5, 0.6) is 5.75 Å². The predicted octanol–water partition coefficient (Wildman–Crippen LogP) is 2.47. The summed E-state index contributed by atoms with van der Waals surface area (Å²) in [7, 11) is 0. The monoisotopic (exact) mass is 235 g/mol. The molecule has 0 aromatic heterocycles. The number of hydrogen-bond donors (Lipinski definition) is 2. The van der Waals surface area contributed by atoms with Gasteiger partial charge in [0.05, 0.1) is 6.61 Å². The van der Waals surface area contributed by atoms with Gasteiger partial charge in [-0.3, -0.25) is 0 Å². The number of ether oxygens (including phenoxy) is 1. The van der Waals surface area contributed by atoms with Crippen molar-refractivity contribution in [2.45, 2.75) is 25.8 Å². The Balaban J connectivity index is 1.94. The van der Waals surface area contributed by atoms with E-state index in [0.29, 0.717) is 11.7 Å². The first-order valence-corrected chi connectivity index (χ1v) is 6.40. The van der Waals surface area contributed by atoms with Crippen molar-refractivity contribution in [3.05, 3.63) is 29.8 Å². The molecule has 1 aliphatic rings. The van der Waals surface area contributed by atoms with Gasteiger partial charge in [0.2, 0.25) is 0 Å². The molecule has 1 aliphatic heterocycles. The van der Waals surface area contributed by atoms with Crippen molar-refractivity contribution in [2.75, 3.05) is 19.8 Å². The van der Waals surface area contributed by atoms with Crippen molar-refractivity contribution in [3.63, 3.8) is 0 Å². The molecule has 1 heterocycles. The number of nitrogens with one attached hydrogen (secondary N) is 1. The zero-order valence-corrected chi connectivity index (χ0v) is 10.4. The van der Waals surface area contributed by atoms with E-state index in [1.165, 1.54) is 0 Å². The summed E-state index contributed by atoms with van der Waals surface area (Å²) in [6.45, 7) is 4.85. The minimum absolute atomic E-state index is 0.233. The minimum Gasteiger partial charge on any atom is -0.508 e. The molecule has 0 spiro atoms. The summed E-state index contributed by atoms with van der Waals surface area (Å²) in [5, 5.41) is 13.4. The lowest BCUT2D eigenvalue weighted by molar-refractivity contribution is 0.184. The Morgan fingerprint density at radius 2 is 2.29 bits per heavy atom. The van der Waals surface area contributed by atoms with E-state index < -0.39 is 0 Å². The Labute approximate surface area is 103 Å². The minimum atomic E-state index is 0.233. The highest BCUT2D eigenvalue weighted by Gasteiger charge is 2.18. The molecular weight excluding hydrogens is 214 g/mol. The van der Waals surface area contributed by atoms with Crippen LogP contribution in [-0.4, -0.2) is 24.9 Å². The number of benzene rings is 1. The molecule has 3 nitrogen and oxygen atoms in total. The first-order chi connectivity index (χ1) is 8.31. The third-order valence-corrected chi connectivity index (χ3v) is 3.40. The first kappa shape index (κ1) is 12.4. The molecule has 3 heteroatoms. The van der Waals surface area contributed by atoms with Crippen LogP contribution in [-0.2, 0) is 4.74 Å². The van der Waals surface area contributed by atoms with Gasteiger partial charge in [0.25, 0.3) is 0 Å². The maximum absolute atomic E-state index is 9.84. The van der Waals surface area contributed by atoms with Gasteiger partial charge in [-0.1, -0.05) is 25.1 Å². The highest BCUT2D eigenvalue weighted by molar-refractivity contribution is 5.34. The van der Waals surface area contributed by atoms with Gasteiger partial charge in [0.15, 0.2) is 0 Å². The molecule has 1 fully saturated rings. The van der Waals surface area contributed by atoms with Gasteiger partial charge in [0.1, 0.15) is 5.75 Å². The van der Waals surface area contributed by atoms with E-state index in [2.05, 4.69) is 12.2 Å². The van der Waals surface area contributed by atoms with Crippen LogP contribution < -0.4 is 5.32 Å². The summed E-state index contributed by atoms with van der Waals surface area (Å²) in [6.07, 6.45) is 2.12. The Morgan fingerprint density at radius 3 is 2.94 bits per heavy atom. The summed E-state index contributed by atoms with van der Waals surface area (Å²) < 4.78 is 5.36. The standard InChI is InChI=1S/C14H21NO2/c1-2-13(12-5-3-4-6-14(12)16)15-9-11-7-8-17-10-11/h3-6,11,13,15-16H,2,7-10H2,1H3. The zero-order chi connectivity index (χ0) is 12.1. The lowest BCUT2D eigenvalue weighted by Crippen LogP contribution is -2.27.